The number of hydrogen-bond acceptors (Lipinski definition) is 3. The Hall–Kier alpha value is -1.09. The van der Waals surface area contributed by atoms with Crippen molar-refractivity contribution in [2.75, 3.05) is 7.11 Å². The molecule has 2 nitrogen and oxygen atoms in total. The Morgan fingerprint density at radius 3 is 2.56 bits per heavy atom. The van der Waals surface area contributed by atoms with Gasteiger partial charge in [0.2, 0.25) is 0 Å². The number of nitrogens with zero attached hydrogens (tertiary/aromatic N) is 1. The Bertz CT molecular complexity index is 529. The fourth-order valence-electron chi connectivity index (χ4n) is 1.94. The highest BCUT2D eigenvalue weighted by atomic mass is 32.1. The van der Waals surface area contributed by atoms with Gasteiger partial charge in [0.05, 0.1) is 16.8 Å². The molecule has 3 heteroatoms. The average Bonchev–Trinajstić information content (AvgIpc) is 3.11. The van der Waals surface area contributed by atoms with Crippen molar-refractivity contribution in [1.29, 1.82) is 0 Å². The number of aryl methyl sites for hydroxylation is 1. The van der Waals surface area contributed by atoms with Gasteiger partial charge in [-0.15, -0.1) is 11.3 Å². The number of hydrogen-bond donors (Lipinski definition) is 0. The summed E-state index contributed by atoms with van der Waals surface area (Å²) >= 11 is 1.75. The number of methoxy groups -OCH3 is 1. The van der Waals surface area contributed by atoms with Crippen LogP contribution < -0.4 is 4.74 Å². The Morgan fingerprint density at radius 1 is 1.33 bits per heavy atom. The van der Waals surface area contributed by atoms with Gasteiger partial charge in [0.25, 0.3) is 0 Å². The van der Waals surface area contributed by atoms with Gasteiger partial charge in [-0.3, -0.25) is 0 Å². The van der Waals surface area contributed by atoms with Crippen molar-refractivity contribution >= 4 is 21.6 Å². The molecule has 0 N–H and O–H groups in total. The van der Waals surface area contributed by atoms with Crippen molar-refractivity contribution in [2.45, 2.75) is 46.0 Å². The first kappa shape index (κ1) is 13.3. The van der Waals surface area contributed by atoms with Crippen molar-refractivity contribution in [3.63, 3.8) is 0 Å². The zero-order chi connectivity index (χ0) is 13.1. The molecular formula is C15H21NOS. The van der Waals surface area contributed by atoms with E-state index in [2.05, 4.69) is 31.0 Å². The van der Waals surface area contributed by atoms with Crippen LogP contribution in [0.25, 0.3) is 10.2 Å². The SMILES string of the molecule is CCC.COc1cc(C2CC2)cc2sc(C)nc12. The number of rotatable bonds is 2. The first-order chi connectivity index (χ1) is 8.69. The first-order valence-corrected chi connectivity index (χ1v) is 7.46. The summed E-state index contributed by atoms with van der Waals surface area (Å²) in [6, 6.07) is 4.43. The summed E-state index contributed by atoms with van der Waals surface area (Å²) in [4.78, 5) is 4.50. The molecule has 0 spiro atoms. The standard InChI is InChI=1S/C12H13NOS.C3H8/c1-7-13-12-10(14-2)5-9(8-3-4-8)6-11(12)15-7;1-3-2/h5-6,8H,3-4H2,1-2H3;3H2,1-2H3. The van der Waals surface area contributed by atoms with Crippen LogP contribution in [0.15, 0.2) is 12.1 Å². The van der Waals surface area contributed by atoms with Gasteiger partial charge < -0.3 is 4.74 Å². The second kappa shape index (κ2) is 5.70. The van der Waals surface area contributed by atoms with Gasteiger partial charge in [0.15, 0.2) is 0 Å². The second-order valence-electron chi connectivity index (χ2n) is 4.78. The van der Waals surface area contributed by atoms with E-state index in [0.29, 0.717) is 0 Å². The maximum absolute atomic E-state index is 5.40. The molecule has 0 unspecified atom stereocenters. The molecule has 0 saturated heterocycles. The third-order valence-electron chi connectivity index (χ3n) is 2.86. The Kier molecular flexibility index (Phi) is 4.23. The molecule has 18 heavy (non-hydrogen) atoms. The van der Waals surface area contributed by atoms with Crippen molar-refractivity contribution in [1.82, 2.24) is 4.98 Å². The normalized spacial score (nSPS) is 14.2. The maximum atomic E-state index is 5.40. The van der Waals surface area contributed by atoms with Crippen LogP contribution in [0.2, 0.25) is 0 Å². The molecule has 0 aliphatic heterocycles. The van der Waals surface area contributed by atoms with E-state index in [1.807, 2.05) is 6.92 Å². The topological polar surface area (TPSA) is 22.1 Å². The van der Waals surface area contributed by atoms with Crippen LogP contribution in [0.1, 0.15) is 49.6 Å². The second-order valence-corrected chi connectivity index (χ2v) is 6.02. The summed E-state index contributed by atoms with van der Waals surface area (Å²) < 4.78 is 6.66. The maximum Gasteiger partial charge on any atom is 0.146 e. The Balaban J connectivity index is 0.000000367. The molecule has 1 fully saturated rings. The summed E-state index contributed by atoms with van der Waals surface area (Å²) in [6.07, 6.45) is 3.90. The molecule has 1 aromatic carbocycles. The van der Waals surface area contributed by atoms with Crippen molar-refractivity contribution in [2.24, 2.45) is 0 Å². The first-order valence-electron chi connectivity index (χ1n) is 6.64. The largest absolute Gasteiger partial charge is 0.494 e. The summed E-state index contributed by atoms with van der Waals surface area (Å²) in [5.41, 5.74) is 2.44. The number of aromatic nitrogens is 1. The Labute approximate surface area is 113 Å². The number of benzene rings is 1. The fraction of sp³-hybridized carbons (Fsp3) is 0.533. The van der Waals surface area contributed by atoms with Crippen LogP contribution in [0, 0.1) is 6.92 Å². The molecule has 0 radical (unpaired) electrons. The monoisotopic (exact) mass is 263 g/mol. The minimum absolute atomic E-state index is 0.769. The minimum atomic E-state index is 0.769. The van der Waals surface area contributed by atoms with E-state index in [9.17, 15) is 0 Å². The van der Waals surface area contributed by atoms with Crippen LogP contribution >= 0.6 is 11.3 Å². The number of thiazole rings is 1. The highest BCUT2D eigenvalue weighted by Gasteiger charge is 2.25. The smallest absolute Gasteiger partial charge is 0.146 e. The predicted octanol–water partition coefficient (Wildman–Crippen LogP) is 4.91. The lowest BCUT2D eigenvalue weighted by Crippen LogP contribution is -1.87. The molecule has 0 amide bonds. The third-order valence-corrected chi connectivity index (χ3v) is 3.78. The van der Waals surface area contributed by atoms with Gasteiger partial charge in [-0.2, -0.15) is 0 Å². The number of fused-ring (bicyclic) bond motifs is 1. The minimum Gasteiger partial charge on any atom is -0.494 e. The van der Waals surface area contributed by atoms with E-state index < -0.39 is 0 Å². The molecule has 1 aliphatic carbocycles. The van der Waals surface area contributed by atoms with Crippen LogP contribution in [0.3, 0.4) is 0 Å². The Morgan fingerprint density at radius 2 is 2.00 bits per heavy atom. The summed E-state index contributed by atoms with van der Waals surface area (Å²) in [5, 5.41) is 1.11. The van der Waals surface area contributed by atoms with E-state index in [0.717, 1.165) is 22.2 Å². The van der Waals surface area contributed by atoms with E-state index in [-0.39, 0.29) is 0 Å². The molecule has 2 aromatic rings. The molecule has 98 valence electrons. The van der Waals surface area contributed by atoms with Crippen molar-refractivity contribution in [3.8, 4) is 5.75 Å². The molecular weight excluding hydrogens is 242 g/mol. The van der Waals surface area contributed by atoms with Crippen LogP contribution in [0.5, 0.6) is 5.75 Å². The quantitative estimate of drug-likeness (QED) is 0.768. The van der Waals surface area contributed by atoms with Crippen LogP contribution in [-0.4, -0.2) is 12.1 Å². The van der Waals surface area contributed by atoms with E-state index in [4.69, 9.17) is 4.74 Å². The summed E-state index contributed by atoms with van der Waals surface area (Å²) in [5.74, 6) is 1.70. The fourth-order valence-corrected chi connectivity index (χ4v) is 2.83. The molecule has 1 aliphatic rings. The van der Waals surface area contributed by atoms with Gasteiger partial charge in [0.1, 0.15) is 11.3 Å². The van der Waals surface area contributed by atoms with Gasteiger partial charge in [-0.05, 0) is 43.4 Å². The highest BCUT2D eigenvalue weighted by molar-refractivity contribution is 7.18. The summed E-state index contributed by atoms with van der Waals surface area (Å²) in [6.45, 7) is 6.29. The zero-order valence-corrected chi connectivity index (χ0v) is 12.4. The average molecular weight is 263 g/mol. The van der Waals surface area contributed by atoms with Gasteiger partial charge in [0, 0.05) is 0 Å². The van der Waals surface area contributed by atoms with Crippen molar-refractivity contribution in [3.05, 3.63) is 22.7 Å². The van der Waals surface area contributed by atoms with Gasteiger partial charge >= 0.3 is 0 Å². The molecule has 3 rings (SSSR count). The summed E-state index contributed by atoms with van der Waals surface area (Å²) in [7, 11) is 1.72. The molecule has 0 bridgehead atoms. The van der Waals surface area contributed by atoms with Gasteiger partial charge in [-0.25, -0.2) is 4.98 Å². The lowest BCUT2D eigenvalue weighted by atomic mass is 10.1. The van der Waals surface area contributed by atoms with Crippen molar-refractivity contribution < 1.29 is 4.74 Å². The lowest BCUT2D eigenvalue weighted by Gasteiger charge is -2.04. The van der Waals surface area contributed by atoms with E-state index >= 15 is 0 Å². The predicted molar refractivity (Wildman–Crippen MR) is 78.8 cm³/mol. The van der Waals surface area contributed by atoms with E-state index in [1.165, 1.54) is 29.5 Å². The molecule has 1 heterocycles. The van der Waals surface area contributed by atoms with E-state index in [1.54, 1.807) is 18.4 Å². The highest BCUT2D eigenvalue weighted by Crippen LogP contribution is 2.43. The van der Waals surface area contributed by atoms with Crippen LogP contribution in [-0.2, 0) is 0 Å². The van der Waals surface area contributed by atoms with Crippen LogP contribution in [0.4, 0.5) is 0 Å². The molecule has 1 aromatic heterocycles. The lowest BCUT2D eigenvalue weighted by molar-refractivity contribution is 0.418. The molecule has 1 saturated carbocycles. The zero-order valence-electron chi connectivity index (χ0n) is 11.6. The van der Waals surface area contributed by atoms with Gasteiger partial charge in [-0.1, -0.05) is 20.3 Å². The molecule has 0 atom stereocenters. The number of ether oxygens (including phenoxy) is 1. The third kappa shape index (κ3) is 2.83.